The van der Waals surface area contributed by atoms with E-state index in [9.17, 15) is 5.11 Å². The smallest absolute Gasteiger partial charge is 0.241 e. The molecule has 2 heterocycles. The highest BCUT2D eigenvalue weighted by Gasteiger charge is 2.15. The SMILES string of the molecule is Oc1c2ncc3ccccc3c2nn1-c1ccc(Cl)cc1. The van der Waals surface area contributed by atoms with Gasteiger partial charge in [0.15, 0.2) is 5.52 Å². The number of hydrogen-bond acceptors (Lipinski definition) is 3. The van der Waals surface area contributed by atoms with Gasteiger partial charge in [0.25, 0.3) is 0 Å². The summed E-state index contributed by atoms with van der Waals surface area (Å²) in [6, 6.07) is 15.0. The summed E-state index contributed by atoms with van der Waals surface area (Å²) in [6.45, 7) is 0. The first-order chi connectivity index (χ1) is 10.2. The van der Waals surface area contributed by atoms with Crippen LogP contribution in [0.1, 0.15) is 0 Å². The Balaban J connectivity index is 2.05. The van der Waals surface area contributed by atoms with E-state index in [1.165, 1.54) is 4.68 Å². The molecule has 0 amide bonds. The fourth-order valence-corrected chi connectivity index (χ4v) is 2.55. The minimum atomic E-state index is 0.0260. The Hall–Kier alpha value is -2.59. The van der Waals surface area contributed by atoms with Crippen molar-refractivity contribution in [3.8, 4) is 11.6 Å². The Morgan fingerprint density at radius 1 is 0.952 bits per heavy atom. The molecule has 4 nitrogen and oxygen atoms in total. The second-order valence-corrected chi connectivity index (χ2v) is 5.19. The predicted octanol–water partition coefficient (Wildman–Crippen LogP) is 3.93. The number of aromatic hydroxyl groups is 1. The van der Waals surface area contributed by atoms with Crippen LogP contribution in [0.15, 0.2) is 54.7 Å². The number of hydrogen-bond donors (Lipinski definition) is 1. The minimum Gasteiger partial charge on any atom is -0.492 e. The maximum absolute atomic E-state index is 10.4. The zero-order valence-electron chi connectivity index (χ0n) is 10.9. The monoisotopic (exact) mass is 295 g/mol. The maximum Gasteiger partial charge on any atom is 0.241 e. The van der Waals surface area contributed by atoms with Crippen molar-refractivity contribution >= 4 is 33.4 Å². The predicted molar refractivity (Wildman–Crippen MR) is 83.0 cm³/mol. The quantitative estimate of drug-likeness (QED) is 0.579. The normalized spacial score (nSPS) is 11.3. The molecule has 0 fully saturated rings. The number of nitrogens with zero attached hydrogens (tertiary/aromatic N) is 3. The van der Waals surface area contributed by atoms with E-state index in [0.717, 1.165) is 16.5 Å². The second kappa shape index (κ2) is 4.46. The fourth-order valence-electron chi connectivity index (χ4n) is 2.42. The molecule has 5 heteroatoms. The van der Waals surface area contributed by atoms with Crippen LogP contribution in [0, 0.1) is 0 Å². The molecule has 1 N–H and O–H groups in total. The molecule has 2 aromatic carbocycles. The molecule has 0 spiro atoms. The van der Waals surface area contributed by atoms with Crippen molar-refractivity contribution in [1.29, 1.82) is 0 Å². The van der Waals surface area contributed by atoms with Crippen LogP contribution in [0.4, 0.5) is 0 Å². The Morgan fingerprint density at radius 2 is 1.71 bits per heavy atom. The highest BCUT2D eigenvalue weighted by Crippen LogP contribution is 2.30. The standard InChI is InChI=1S/C16H10ClN3O/c17-11-5-7-12(8-6-11)20-16(21)15-14(19-20)13-4-2-1-3-10(13)9-18-15/h1-9,21H. The molecule has 0 aliphatic heterocycles. The summed E-state index contributed by atoms with van der Waals surface area (Å²) in [5, 5.41) is 17.5. The highest BCUT2D eigenvalue weighted by molar-refractivity contribution is 6.30. The Bertz CT molecular complexity index is 961. The van der Waals surface area contributed by atoms with Crippen LogP contribution in [0.2, 0.25) is 5.02 Å². The molecule has 4 rings (SSSR count). The zero-order chi connectivity index (χ0) is 14.4. The van der Waals surface area contributed by atoms with Crippen molar-refractivity contribution in [3.63, 3.8) is 0 Å². The van der Waals surface area contributed by atoms with E-state index >= 15 is 0 Å². The Labute approximate surface area is 125 Å². The first kappa shape index (κ1) is 12.2. The Morgan fingerprint density at radius 3 is 2.52 bits per heavy atom. The van der Waals surface area contributed by atoms with E-state index in [1.54, 1.807) is 30.5 Å². The van der Waals surface area contributed by atoms with Crippen molar-refractivity contribution in [3.05, 3.63) is 59.8 Å². The number of halogens is 1. The van der Waals surface area contributed by atoms with Crippen LogP contribution in [-0.4, -0.2) is 19.9 Å². The molecule has 4 aromatic rings. The summed E-state index contributed by atoms with van der Waals surface area (Å²) < 4.78 is 1.47. The van der Waals surface area contributed by atoms with Gasteiger partial charge in [0.1, 0.15) is 5.52 Å². The zero-order valence-corrected chi connectivity index (χ0v) is 11.6. The van der Waals surface area contributed by atoms with Crippen molar-refractivity contribution in [2.24, 2.45) is 0 Å². The lowest BCUT2D eigenvalue weighted by atomic mass is 10.1. The Kier molecular flexibility index (Phi) is 2.59. The van der Waals surface area contributed by atoms with Gasteiger partial charge in [-0.2, -0.15) is 9.78 Å². The molecule has 0 saturated carbocycles. The summed E-state index contributed by atoms with van der Waals surface area (Å²) >= 11 is 5.89. The molecule has 21 heavy (non-hydrogen) atoms. The van der Waals surface area contributed by atoms with Crippen molar-refractivity contribution in [2.75, 3.05) is 0 Å². The van der Waals surface area contributed by atoms with Crippen LogP contribution in [0.5, 0.6) is 5.88 Å². The number of fused-ring (bicyclic) bond motifs is 3. The van der Waals surface area contributed by atoms with Crippen molar-refractivity contribution in [1.82, 2.24) is 14.8 Å². The molecule has 0 radical (unpaired) electrons. The van der Waals surface area contributed by atoms with E-state index in [2.05, 4.69) is 10.1 Å². The minimum absolute atomic E-state index is 0.0260. The average molecular weight is 296 g/mol. The summed E-state index contributed by atoms with van der Waals surface area (Å²) in [5.41, 5.74) is 1.91. The van der Waals surface area contributed by atoms with Crippen LogP contribution < -0.4 is 0 Å². The largest absolute Gasteiger partial charge is 0.492 e. The van der Waals surface area contributed by atoms with E-state index in [0.29, 0.717) is 16.1 Å². The molecule has 0 saturated heterocycles. The van der Waals surface area contributed by atoms with Crippen LogP contribution in [0.25, 0.3) is 27.5 Å². The van der Waals surface area contributed by atoms with Gasteiger partial charge in [-0.3, -0.25) is 0 Å². The second-order valence-electron chi connectivity index (χ2n) is 4.75. The third kappa shape index (κ3) is 1.84. The lowest BCUT2D eigenvalue weighted by Gasteiger charge is -2.01. The fraction of sp³-hybridized carbons (Fsp3) is 0. The first-order valence-corrected chi connectivity index (χ1v) is 6.83. The topological polar surface area (TPSA) is 50.9 Å². The number of pyridine rings is 1. The van der Waals surface area contributed by atoms with Gasteiger partial charge in [-0.05, 0) is 24.3 Å². The van der Waals surface area contributed by atoms with Gasteiger partial charge in [0.2, 0.25) is 5.88 Å². The van der Waals surface area contributed by atoms with E-state index in [-0.39, 0.29) is 5.88 Å². The van der Waals surface area contributed by atoms with E-state index in [1.807, 2.05) is 24.3 Å². The molecule has 0 aliphatic rings. The van der Waals surface area contributed by atoms with Crippen molar-refractivity contribution < 1.29 is 5.11 Å². The van der Waals surface area contributed by atoms with Gasteiger partial charge in [-0.25, -0.2) is 4.98 Å². The van der Waals surface area contributed by atoms with E-state index < -0.39 is 0 Å². The summed E-state index contributed by atoms with van der Waals surface area (Å²) in [5.74, 6) is 0.0260. The lowest BCUT2D eigenvalue weighted by molar-refractivity contribution is 0.437. The third-order valence-electron chi connectivity index (χ3n) is 3.46. The summed E-state index contributed by atoms with van der Waals surface area (Å²) in [7, 11) is 0. The van der Waals surface area contributed by atoms with E-state index in [4.69, 9.17) is 11.6 Å². The first-order valence-electron chi connectivity index (χ1n) is 6.45. The van der Waals surface area contributed by atoms with Gasteiger partial charge in [0.05, 0.1) is 5.69 Å². The van der Waals surface area contributed by atoms with Gasteiger partial charge >= 0.3 is 0 Å². The average Bonchev–Trinajstić information content (AvgIpc) is 2.86. The molecular formula is C16H10ClN3O. The van der Waals surface area contributed by atoms with Crippen LogP contribution in [0.3, 0.4) is 0 Å². The molecule has 0 aliphatic carbocycles. The molecule has 0 unspecified atom stereocenters. The summed E-state index contributed by atoms with van der Waals surface area (Å²) in [4.78, 5) is 4.31. The van der Waals surface area contributed by atoms with Crippen LogP contribution in [-0.2, 0) is 0 Å². The number of rotatable bonds is 1. The summed E-state index contributed by atoms with van der Waals surface area (Å²) in [6.07, 6.45) is 1.74. The lowest BCUT2D eigenvalue weighted by Crippen LogP contribution is -1.94. The molecule has 102 valence electrons. The third-order valence-corrected chi connectivity index (χ3v) is 3.71. The highest BCUT2D eigenvalue weighted by atomic mass is 35.5. The molecule has 2 aromatic heterocycles. The van der Waals surface area contributed by atoms with Crippen molar-refractivity contribution in [2.45, 2.75) is 0 Å². The van der Waals surface area contributed by atoms with Gasteiger partial charge in [0, 0.05) is 22.0 Å². The number of benzene rings is 2. The van der Waals surface area contributed by atoms with Gasteiger partial charge in [-0.1, -0.05) is 35.9 Å². The molecule has 0 atom stereocenters. The molecule has 0 bridgehead atoms. The number of aromatic nitrogens is 3. The van der Waals surface area contributed by atoms with Gasteiger partial charge < -0.3 is 5.11 Å². The van der Waals surface area contributed by atoms with Crippen LogP contribution >= 0.6 is 11.6 Å². The molecular weight excluding hydrogens is 286 g/mol. The van der Waals surface area contributed by atoms with Gasteiger partial charge in [-0.15, -0.1) is 0 Å². The maximum atomic E-state index is 10.4.